The topological polar surface area (TPSA) is 52.6 Å². The quantitative estimate of drug-likeness (QED) is 0.0370. The fraction of sp³-hybridized carbons (Fsp3) is 0.952. The molecular formula is C42H84O4S2Sn. The van der Waals surface area contributed by atoms with Crippen molar-refractivity contribution in [2.45, 2.75) is 229 Å². The van der Waals surface area contributed by atoms with Crippen LogP contribution in [0.2, 0.25) is 9.88 Å². The zero-order chi connectivity index (χ0) is 36.3. The van der Waals surface area contributed by atoms with E-state index in [2.05, 4.69) is 39.1 Å². The molecule has 0 saturated heterocycles. The third kappa shape index (κ3) is 32.8. The van der Waals surface area contributed by atoms with Crippen molar-refractivity contribution in [2.75, 3.05) is 11.5 Å². The van der Waals surface area contributed by atoms with Gasteiger partial charge >= 0.3 is 234 Å². The maximum atomic E-state index is 13.2. The molecule has 0 aliphatic heterocycles. The summed E-state index contributed by atoms with van der Waals surface area (Å²) in [6.07, 6.45) is 40.3. The Morgan fingerprint density at radius 1 is 0.408 bits per heavy atom. The number of rotatable bonds is 38. The van der Waals surface area contributed by atoms with Crippen LogP contribution in [-0.2, 0) is 15.7 Å². The SMILES string of the molecule is CCCCCCCCCCCCCCCCC(CCS)C(=O)[O][Sn]([CH3])([CH3])[O]C(=O)C(CCS)CCCCCCCCCCCCCCCC. The molecule has 0 aliphatic rings. The third-order valence-corrected chi connectivity index (χ3v) is 14.6. The zero-order valence-corrected chi connectivity index (χ0v) is 37.9. The van der Waals surface area contributed by atoms with Crippen molar-refractivity contribution >= 4 is 56.4 Å². The Balaban J connectivity index is 4.20. The summed E-state index contributed by atoms with van der Waals surface area (Å²) in [6, 6.07) is 0. The van der Waals surface area contributed by atoms with E-state index >= 15 is 0 Å². The van der Waals surface area contributed by atoms with Crippen molar-refractivity contribution in [3.63, 3.8) is 0 Å². The van der Waals surface area contributed by atoms with E-state index in [0.717, 1.165) is 38.5 Å². The standard InChI is InChI=1S/2C20H40O2S.2CH3.Sn/c2*1-2-3-4-5-6-7-8-9-10-11-12-13-14-15-16-19(17-18-23)20(21)22;;;/h2*19,23H,2-18H2,1H3,(H,21,22);2*1H3;/q;;;;+2/p-2. The van der Waals surface area contributed by atoms with Crippen molar-refractivity contribution in [1.82, 2.24) is 0 Å². The summed E-state index contributed by atoms with van der Waals surface area (Å²) < 4.78 is 12.0. The summed E-state index contributed by atoms with van der Waals surface area (Å²) in [5.41, 5.74) is 0. The normalized spacial score (nSPS) is 13.0. The molecule has 0 spiro atoms. The van der Waals surface area contributed by atoms with Crippen LogP contribution < -0.4 is 0 Å². The van der Waals surface area contributed by atoms with Gasteiger partial charge < -0.3 is 0 Å². The van der Waals surface area contributed by atoms with Gasteiger partial charge in [0.05, 0.1) is 0 Å². The molecule has 2 unspecified atom stereocenters. The van der Waals surface area contributed by atoms with Gasteiger partial charge in [0.15, 0.2) is 0 Å². The molecule has 0 rings (SSSR count). The smallest absolute Gasteiger partial charge is 0.0654 e. The molecule has 0 fully saturated rings. The van der Waals surface area contributed by atoms with Crippen LogP contribution in [0.1, 0.15) is 219 Å². The van der Waals surface area contributed by atoms with Crippen LogP contribution in [0.5, 0.6) is 0 Å². The summed E-state index contributed by atoms with van der Waals surface area (Å²) in [6.45, 7) is 4.56. The summed E-state index contributed by atoms with van der Waals surface area (Å²) in [5.74, 6) is 0.695. The van der Waals surface area contributed by atoms with Crippen molar-refractivity contribution < 1.29 is 15.7 Å². The van der Waals surface area contributed by atoms with Crippen LogP contribution >= 0.6 is 25.3 Å². The fourth-order valence-electron chi connectivity index (χ4n) is 6.91. The fourth-order valence-corrected chi connectivity index (χ4v) is 11.4. The number of unbranched alkanes of at least 4 members (excludes halogenated alkanes) is 26. The molecule has 0 aromatic rings. The van der Waals surface area contributed by atoms with Gasteiger partial charge in [-0.15, -0.1) is 0 Å². The Bertz CT molecular complexity index is 677. The third-order valence-electron chi connectivity index (χ3n) is 10.1. The van der Waals surface area contributed by atoms with Crippen molar-refractivity contribution in [3.8, 4) is 0 Å². The molecule has 0 amide bonds. The Morgan fingerprint density at radius 3 is 0.857 bits per heavy atom. The molecule has 0 radical (unpaired) electrons. The summed E-state index contributed by atoms with van der Waals surface area (Å²) in [7, 11) is 0. The molecule has 49 heavy (non-hydrogen) atoms. The second kappa shape index (κ2) is 36.8. The van der Waals surface area contributed by atoms with E-state index in [1.54, 1.807) is 0 Å². The van der Waals surface area contributed by atoms with Crippen LogP contribution in [-0.4, -0.2) is 42.6 Å². The summed E-state index contributed by atoms with van der Waals surface area (Å²) in [4.78, 5) is 30.2. The molecule has 0 aliphatic carbocycles. The van der Waals surface area contributed by atoms with Gasteiger partial charge in [0.25, 0.3) is 0 Å². The van der Waals surface area contributed by atoms with Gasteiger partial charge in [-0.2, -0.15) is 0 Å². The predicted octanol–water partition coefficient (Wildman–Crippen LogP) is 14.4. The van der Waals surface area contributed by atoms with Crippen molar-refractivity contribution in [3.05, 3.63) is 0 Å². The second-order valence-electron chi connectivity index (χ2n) is 15.4. The summed E-state index contributed by atoms with van der Waals surface area (Å²) in [5, 5.41) is 0. The Kier molecular flexibility index (Phi) is 37.1. The minimum absolute atomic E-state index is 0.145. The number of thiol groups is 2. The predicted molar refractivity (Wildman–Crippen MR) is 223 cm³/mol. The minimum Gasteiger partial charge on any atom is -0.0654 e. The minimum atomic E-state index is -3.79. The van der Waals surface area contributed by atoms with Crippen LogP contribution in [0, 0.1) is 11.8 Å². The molecule has 0 bridgehead atoms. The molecule has 0 aromatic carbocycles. The molecule has 7 heteroatoms. The first-order valence-electron chi connectivity index (χ1n) is 21.5. The average Bonchev–Trinajstić information content (AvgIpc) is 3.07. The Hall–Kier alpha value is 0.439. The van der Waals surface area contributed by atoms with Crippen LogP contribution in [0.25, 0.3) is 0 Å². The number of carbonyl (C=O) groups is 2. The first-order valence-corrected chi connectivity index (χ1v) is 30.8. The van der Waals surface area contributed by atoms with Gasteiger partial charge in [-0.25, -0.2) is 0 Å². The molecule has 0 saturated carbocycles. The van der Waals surface area contributed by atoms with Crippen LogP contribution in [0.4, 0.5) is 0 Å². The average molecular weight is 836 g/mol. The van der Waals surface area contributed by atoms with E-state index in [0.29, 0.717) is 11.5 Å². The van der Waals surface area contributed by atoms with Gasteiger partial charge in [0.1, 0.15) is 0 Å². The van der Waals surface area contributed by atoms with Gasteiger partial charge in [-0.3, -0.25) is 0 Å². The van der Waals surface area contributed by atoms with E-state index in [4.69, 9.17) is 6.15 Å². The molecular weight excluding hydrogens is 751 g/mol. The first-order chi connectivity index (χ1) is 23.8. The number of hydrogen-bond acceptors (Lipinski definition) is 6. The van der Waals surface area contributed by atoms with E-state index in [-0.39, 0.29) is 23.8 Å². The van der Waals surface area contributed by atoms with Crippen molar-refractivity contribution in [1.29, 1.82) is 0 Å². The van der Waals surface area contributed by atoms with E-state index in [1.807, 2.05) is 9.88 Å². The monoisotopic (exact) mass is 836 g/mol. The van der Waals surface area contributed by atoms with Crippen LogP contribution in [0.3, 0.4) is 0 Å². The molecule has 0 aromatic heterocycles. The Morgan fingerprint density at radius 2 is 0.633 bits per heavy atom. The van der Waals surface area contributed by atoms with Gasteiger partial charge in [-0.05, 0) is 0 Å². The molecule has 0 heterocycles. The molecule has 2 atom stereocenters. The number of carbonyl (C=O) groups excluding carboxylic acids is 2. The van der Waals surface area contributed by atoms with Crippen molar-refractivity contribution in [2.24, 2.45) is 11.8 Å². The van der Waals surface area contributed by atoms with E-state index < -0.39 is 19.2 Å². The van der Waals surface area contributed by atoms with E-state index in [1.165, 1.54) is 167 Å². The first kappa shape index (κ1) is 49.4. The van der Waals surface area contributed by atoms with Crippen LogP contribution in [0.15, 0.2) is 0 Å². The zero-order valence-electron chi connectivity index (χ0n) is 33.2. The maximum absolute atomic E-state index is 13.2. The number of hydrogen-bond donors (Lipinski definition) is 2. The second-order valence-corrected chi connectivity index (χ2v) is 25.5. The van der Waals surface area contributed by atoms with E-state index in [9.17, 15) is 9.59 Å². The molecule has 0 N–H and O–H groups in total. The van der Waals surface area contributed by atoms with Gasteiger partial charge in [0.2, 0.25) is 0 Å². The van der Waals surface area contributed by atoms with Gasteiger partial charge in [-0.1, -0.05) is 90.9 Å². The van der Waals surface area contributed by atoms with Gasteiger partial charge in [0, 0.05) is 0 Å². The summed E-state index contributed by atoms with van der Waals surface area (Å²) >= 11 is 5.06. The molecule has 292 valence electrons. The molecule has 4 nitrogen and oxygen atoms in total. The Labute approximate surface area is 322 Å².